The number of hydrogen-bond acceptors (Lipinski definition) is 7. The lowest BCUT2D eigenvalue weighted by atomic mass is 9.80. The van der Waals surface area contributed by atoms with E-state index >= 15 is 0 Å². The zero-order valence-electron chi connectivity index (χ0n) is 18.5. The Labute approximate surface area is 199 Å². The van der Waals surface area contributed by atoms with Crippen molar-refractivity contribution < 1.29 is 10.2 Å². The van der Waals surface area contributed by atoms with Crippen molar-refractivity contribution in [2.75, 3.05) is 11.5 Å². The van der Waals surface area contributed by atoms with Crippen LogP contribution >= 0.6 is 15.9 Å². The molecular formula is C24H27BrN6O2. The standard InChI is InChI=1S/C24H27BrN6O2/c1-12-28-21(26)15-6-8-31(23(15)29-12)18-11-24(2,20(33)19(18)32)7-5-13-3-4-14-10-16(25)22(27)30-17(14)9-13/h3-4,6,8-10,18-20,32-33H,5,7,11H2,1-2H3,(H2,27,30)(H2,26,28,29)/t18-,19+,20+,24+/m1/s1. The average molecular weight is 511 g/mol. The molecule has 0 saturated heterocycles. The molecule has 33 heavy (non-hydrogen) atoms. The fourth-order valence-electron chi connectivity index (χ4n) is 5.08. The Morgan fingerprint density at radius 3 is 2.70 bits per heavy atom. The minimum atomic E-state index is -0.905. The normalized spacial score (nSPS) is 25.3. The van der Waals surface area contributed by atoms with Gasteiger partial charge in [-0.25, -0.2) is 15.0 Å². The second kappa shape index (κ2) is 7.93. The van der Waals surface area contributed by atoms with Crippen molar-refractivity contribution in [1.82, 2.24) is 19.5 Å². The summed E-state index contributed by atoms with van der Waals surface area (Å²) >= 11 is 3.42. The summed E-state index contributed by atoms with van der Waals surface area (Å²) in [5.74, 6) is 1.46. The van der Waals surface area contributed by atoms with Crippen LogP contribution in [-0.4, -0.2) is 41.9 Å². The fraction of sp³-hybridized carbons (Fsp3) is 0.375. The molecule has 3 heterocycles. The first-order chi connectivity index (χ1) is 15.7. The van der Waals surface area contributed by atoms with E-state index in [0.717, 1.165) is 32.7 Å². The number of aliphatic hydroxyl groups is 2. The molecule has 0 spiro atoms. The highest BCUT2D eigenvalue weighted by atomic mass is 79.9. The Balaban J connectivity index is 1.39. The number of fused-ring (bicyclic) bond motifs is 2. The van der Waals surface area contributed by atoms with Gasteiger partial charge in [0.05, 0.1) is 27.5 Å². The second-order valence-corrected chi connectivity index (χ2v) is 10.2. The van der Waals surface area contributed by atoms with Crippen molar-refractivity contribution in [3.05, 3.63) is 52.4 Å². The number of aromatic nitrogens is 4. The third-order valence-electron chi connectivity index (χ3n) is 7.03. The van der Waals surface area contributed by atoms with Gasteiger partial charge in [0.15, 0.2) is 0 Å². The van der Waals surface area contributed by atoms with Gasteiger partial charge in [0, 0.05) is 11.6 Å². The van der Waals surface area contributed by atoms with Gasteiger partial charge in [-0.3, -0.25) is 0 Å². The number of hydrogen-bond donors (Lipinski definition) is 4. The van der Waals surface area contributed by atoms with Gasteiger partial charge in [-0.15, -0.1) is 0 Å². The number of aliphatic hydroxyl groups excluding tert-OH is 2. The van der Waals surface area contributed by atoms with Crippen LogP contribution < -0.4 is 11.5 Å². The molecule has 1 fully saturated rings. The van der Waals surface area contributed by atoms with Crippen LogP contribution in [0, 0.1) is 12.3 Å². The first-order valence-electron chi connectivity index (χ1n) is 11.0. The molecule has 4 atom stereocenters. The molecule has 1 aromatic carbocycles. The van der Waals surface area contributed by atoms with Crippen LogP contribution in [0.25, 0.3) is 21.9 Å². The minimum absolute atomic E-state index is 0.299. The van der Waals surface area contributed by atoms with Crippen LogP contribution in [0.2, 0.25) is 0 Å². The number of rotatable bonds is 4. The van der Waals surface area contributed by atoms with E-state index in [4.69, 9.17) is 11.5 Å². The molecule has 0 aliphatic heterocycles. The van der Waals surface area contributed by atoms with Gasteiger partial charge in [-0.1, -0.05) is 19.1 Å². The van der Waals surface area contributed by atoms with Gasteiger partial charge >= 0.3 is 0 Å². The monoisotopic (exact) mass is 510 g/mol. The molecule has 1 saturated carbocycles. The third-order valence-corrected chi connectivity index (χ3v) is 7.66. The quantitative estimate of drug-likeness (QED) is 0.329. The molecule has 0 radical (unpaired) electrons. The van der Waals surface area contributed by atoms with Gasteiger partial charge in [0.1, 0.15) is 29.2 Å². The van der Waals surface area contributed by atoms with E-state index in [9.17, 15) is 10.2 Å². The van der Waals surface area contributed by atoms with E-state index in [1.165, 1.54) is 0 Å². The maximum absolute atomic E-state index is 11.0. The van der Waals surface area contributed by atoms with Crippen LogP contribution in [0.3, 0.4) is 0 Å². The number of benzene rings is 1. The maximum Gasteiger partial charge on any atom is 0.146 e. The Morgan fingerprint density at radius 2 is 1.91 bits per heavy atom. The zero-order valence-corrected chi connectivity index (χ0v) is 20.1. The van der Waals surface area contributed by atoms with Crippen molar-refractivity contribution in [3.63, 3.8) is 0 Å². The summed E-state index contributed by atoms with van der Waals surface area (Å²) in [6.45, 7) is 3.83. The van der Waals surface area contributed by atoms with Crippen LogP contribution in [0.1, 0.15) is 37.2 Å². The first-order valence-corrected chi connectivity index (χ1v) is 11.8. The number of aryl methyl sites for hydroxylation is 2. The summed E-state index contributed by atoms with van der Waals surface area (Å²) < 4.78 is 2.71. The average Bonchev–Trinajstić information content (AvgIpc) is 3.28. The molecule has 0 bridgehead atoms. The number of halogens is 1. The van der Waals surface area contributed by atoms with Crippen LogP contribution in [0.15, 0.2) is 41.0 Å². The summed E-state index contributed by atoms with van der Waals surface area (Å²) in [7, 11) is 0. The third kappa shape index (κ3) is 3.74. The highest BCUT2D eigenvalue weighted by Gasteiger charge is 2.50. The van der Waals surface area contributed by atoms with Crippen molar-refractivity contribution in [2.24, 2.45) is 5.41 Å². The van der Waals surface area contributed by atoms with E-state index in [1.54, 1.807) is 6.92 Å². The Hall–Kier alpha value is -2.75. The van der Waals surface area contributed by atoms with E-state index in [-0.39, 0.29) is 6.04 Å². The van der Waals surface area contributed by atoms with E-state index in [2.05, 4.69) is 36.9 Å². The van der Waals surface area contributed by atoms with E-state index in [0.29, 0.717) is 35.9 Å². The molecule has 172 valence electrons. The predicted octanol–water partition coefficient (Wildman–Crippen LogP) is 3.52. The van der Waals surface area contributed by atoms with Gasteiger partial charge in [0.2, 0.25) is 0 Å². The molecule has 1 aliphatic rings. The van der Waals surface area contributed by atoms with Gasteiger partial charge in [-0.05, 0) is 71.3 Å². The predicted molar refractivity (Wildman–Crippen MR) is 133 cm³/mol. The summed E-state index contributed by atoms with van der Waals surface area (Å²) in [4.78, 5) is 13.2. The zero-order chi connectivity index (χ0) is 23.5. The van der Waals surface area contributed by atoms with Crippen molar-refractivity contribution >= 4 is 49.5 Å². The second-order valence-electron chi connectivity index (χ2n) is 9.36. The summed E-state index contributed by atoms with van der Waals surface area (Å²) in [6.07, 6.45) is 2.20. The number of anilines is 2. The van der Waals surface area contributed by atoms with Crippen LogP contribution in [0.4, 0.5) is 11.6 Å². The molecule has 8 nitrogen and oxygen atoms in total. The van der Waals surface area contributed by atoms with E-state index < -0.39 is 17.6 Å². The van der Waals surface area contributed by atoms with Crippen LogP contribution in [-0.2, 0) is 6.42 Å². The lowest BCUT2D eigenvalue weighted by molar-refractivity contribution is -0.0241. The Bertz CT molecular complexity index is 1370. The molecule has 0 amide bonds. The Kier molecular flexibility index (Phi) is 5.30. The lowest BCUT2D eigenvalue weighted by Gasteiger charge is -2.28. The van der Waals surface area contributed by atoms with Crippen molar-refractivity contribution in [3.8, 4) is 0 Å². The molecule has 0 unspecified atom stereocenters. The summed E-state index contributed by atoms with van der Waals surface area (Å²) in [5, 5.41) is 23.8. The molecular weight excluding hydrogens is 484 g/mol. The lowest BCUT2D eigenvalue weighted by Crippen LogP contribution is -2.35. The van der Waals surface area contributed by atoms with Gasteiger partial charge in [0.25, 0.3) is 0 Å². The summed E-state index contributed by atoms with van der Waals surface area (Å²) in [6, 6.07) is 9.68. The molecule has 4 aromatic rings. The number of nitrogen functional groups attached to an aromatic ring is 2. The number of nitrogens with two attached hydrogens (primary N) is 2. The minimum Gasteiger partial charge on any atom is -0.390 e. The van der Waals surface area contributed by atoms with Crippen LogP contribution in [0.5, 0.6) is 0 Å². The molecule has 3 aromatic heterocycles. The number of pyridine rings is 1. The topological polar surface area (TPSA) is 136 Å². The van der Waals surface area contributed by atoms with E-state index in [1.807, 2.05) is 42.0 Å². The summed E-state index contributed by atoms with van der Waals surface area (Å²) in [5.41, 5.74) is 14.2. The highest BCUT2D eigenvalue weighted by molar-refractivity contribution is 9.10. The van der Waals surface area contributed by atoms with Crippen molar-refractivity contribution in [2.45, 2.75) is 51.4 Å². The molecule has 6 N–H and O–H groups in total. The largest absolute Gasteiger partial charge is 0.390 e. The van der Waals surface area contributed by atoms with Crippen molar-refractivity contribution in [1.29, 1.82) is 0 Å². The number of nitrogens with zero attached hydrogens (tertiary/aromatic N) is 4. The fourth-order valence-corrected chi connectivity index (χ4v) is 5.41. The smallest absolute Gasteiger partial charge is 0.146 e. The molecule has 9 heteroatoms. The highest BCUT2D eigenvalue weighted by Crippen LogP contribution is 2.48. The molecule has 5 rings (SSSR count). The first kappa shape index (κ1) is 22.1. The SMILES string of the molecule is Cc1nc(N)c2ccn([C@@H]3C[C@](C)(CCc4ccc5cc(Br)c(N)nc5c4)[C@@H](O)[C@H]3O)c2n1. The molecule has 1 aliphatic carbocycles. The Morgan fingerprint density at radius 1 is 1.12 bits per heavy atom. The van der Waals surface area contributed by atoms with Gasteiger partial charge < -0.3 is 26.2 Å². The maximum atomic E-state index is 11.0. The van der Waals surface area contributed by atoms with Gasteiger partial charge in [-0.2, -0.15) is 0 Å².